The fraction of sp³-hybridized carbons (Fsp3) is 0. The number of carboxylic acids is 1. The van der Waals surface area contributed by atoms with Gasteiger partial charge in [0.25, 0.3) is 0 Å². The van der Waals surface area contributed by atoms with Crippen molar-refractivity contribution in [3.05, 3.63) is 52.0 Å². The smallest absolute Gasteiger partial charge is 0.339 e. The number of nitrogen functional groups attached to an aromatic ring is 1. The van der Waals surface area contributed by atoms with Gasteiger partial charge in [-0.25, -0.2) is 4.79 Å². The Balaban J connectivity index is 2.42. The Kier molecular flexibility index (Phi) is 3.83. The SMILES string of the molecule is Nc1ccc(C(=O)O)c(Oc2cc(Cl)cc(Cl)c2)c1. The van der Waals surface area contributed by atoms with E-state index in [1.54, 1.807) is 6.07 Å². The van der Waals surface area contributed by atoms with Crippen LogP contribution >= 0.6 is 23.2 Å². The topological polar surface area (TPSA) is 72.6 Å². The van der Waals surface area contributed by atoms with Crippen molar-refractivity contribution < 1.29 is 14.6 Å². The van der Waals surface area contributed by atoms with Gasteiger partial charge in [-0.15, -0.1) is 0 Å². The molecule has 98 valence electrons. The van der Waals surface area contributed by atoms with Crippen molar-refractivity contribution in [2.75, 3.05) is 5.73 Å². The molecule has 0 aliphatic rings. The summed E-state index contributed by atoms with van der Waals surface area (Å²) >= 11 is 11.7. The van der Waals surface area contributed by atoms with Crippen molar-refractivity contribution in [2.45, 2.75) is 0 Å². The summed E-state index contributed by atoms with van der Waals surface area (Å²) in [4.78, 5) is 11.1. The predicted octanol–water partition coefficient (Wildman–Crippen LogP) is 4.07. The van der Waals surface area contributed by atoms with Crippen LogP contribution in [0.5, 0.6) is 11.5 Å². The van der Waals surface area contributed by atoms with E-state index in [4.69, 9.17) is 38.8 Å². The van der Waals surface area contributed by atoms with Crippen LogP contribution in [0.1, 0.15) is 10.4 Å². The molecule has 3 N–H and O–H groups in total. The van der Waals surface area contributed by atoms with Crippen LogP contribution in [0.15, 0.2) is 36.4 Å². The highest BCUT2D eigenvalue weighted by Crippen LogP contribution is 2.31. The van der Waals surface area contributed by atoms with Crippen molar-refractivity contribution in [2.24, 2.45) is 0 Å². The normalized spacial score (nSPS) is 10.2. The van der Waals surface area contributed by atoms with Gasteiger partial charge in [-0.3, -0.25) is 0 Å². The average Bonchev–Trinajstić information content (AvgIpc) is 2.26. The number of hydrogen-bond acceptors (Lipinski definition) is 3. The zero-order chi connectivity index (χ0) is 14.0. The van der Waals surface area contributed by atoms with E-state index in [2.05, 4.69) is 0 Å². The van der Waals surface area contributed by atoms with E-state index in [1.165, 1.54) is 30.3 Å². The van der Waals surface area contributed by atoms with Crippen molar-refractivity contribution in [1.29, 1.82) is 0 Å². The summed E-state index contributed by atoms with van der Waals surface area (Å²) in [5.41, 5.74) is 6.02. The molecule has 0 heterocycles. The maximum Gasteiger partial charge on any atom is 0.339 e. The van der Waals surface area contributed by atoms with E-state index in [0.29, 0.717) is 21.5 Å². The van der Waals surface area contributed by atoms with Crippen LogP contribution in [-0.4, -0.2) is 11.1 Å². The van der Waals surface area contributed by atoms with Gasteiger partial charge in [-0.2, -0.15) is 0 Å². The second kappa shape index (κ2) is 5.38. The number of benzene rings is 2. The molecule has 4 nitrogen and oxygen atoms in total. The lowest BCUT2D eigenvalue weighted by molar-refractivity contribution is 0.0694. The van der Waals surface area contributed by atoms with Crippen molar-refractivity contribution in [1.82, 2.24) is 0 Å². The molecule has 0 amide bonds. The second-order valence-corrected chi connectivity index (χ2v) is 4.64. The first kappa shape index (κ1) is 13.5. The number of anilines is 1. The van der Waals surface area contributed by atoms with Crippen LogP contribution in [0.25, 0.3) is 0 Å². The lowest BCUT2D eigenvalue weighted by Gasteiger charge is -2.10. The third-order valence-electron chi connectivity index (χ3n) is 2.30. The van der Waals surface area contributed by atoms with Gasteiger partial charge in [0.2, 0.25) is 0 Å². The number of hydrogen-bond donors (Lipinski definition) is 2. The standard InChI is InChI=1S/C13H9Cl2NO3/c14-7-3-8(15)5-10(4-7)19-12-6-9(16)1-2-11(12)13(17)18/h1-6H,16H2,(H,17,18). The van der Waals surface area contributed by atoms with Crippen molar-refractivity contribution in [3.8, 4) is 11.5 Å². The molecule has 0 spiro atoms. The van der Waals surface area contributed by atoms with E-state index in [0.717, 1.165) is 0 Å². The fourth-order valence-corrected chi connectivity index (χ4v) is 2.02. The Hall–Kier alpha value is -1.91. The first-order valence-corrected chi connectivity index (χ1v) is 5.98. The number of carboxylic acid groups (broad SMARTS) is 1. The van der Waals surface area contributed by atoms with Gasteiger partial charge in [-0.05, 0) is 30.3 Å². The summed E-state index contributed by atoms with van der Waals surface area (Å²) in [6.07, 6.45) is 0. The van der Waals surface area contributed by atoms with Gasteiger partial charge in [0, 0.05) is 21.8 Å². The van der Waals surface area contributed by atoms with E-state index in [-0.39, 0.29) is 11.3 Å². The predicted molar refractivity (Wildman–Crippen MR) is 74.3 cm³/mol. The summed E-state index contributed by atoms with van der Waals surface area (Å²) in [6, 6.07) is 8.90. The minimum Gasteiger partial charge on any atom is -0.478 e. The second-order valence-electron chi connectivity index (χ2n) is 3.77. The van der Waals surface area contributed by atoms with Gasteiger partial charge in [-0.1, -0.05) is 23.2 Å². The van der Waals surface area contributed by atoms with Gasteiger partial charge in [0.05, 0.1) is 0 Å². The van der Waals surface area contributed by atoms with E-state index in [1.807, 2.05) is 0 Å². The van der Waals surface area contributed by atoms with Crippen LogP contribution in [0.4, 0.5) is 5.69 Å². The maximum atomic E-state index is 11.1. The Morgan fingerprint density at radius 2 is 1.74 bits per heavy atom. The molecule has 0 atom stereocenters. The molecule has 2 aromatic rings. The third-order valence-corrected chi connectivity index (χ3v) is 2.74. The van der Waals surface area contributed by atoms with E-state index in [9.17, 15) is 4.79 Å². The van der Waals surface area contributed by atoms with Crippen LogP contribution in [0.2, 0.25) is 10.0 Å². The van der Waals surface area contributed by atoms with Crippen LogP contribution in [0.3, 0.4) is 0 Å². The maximum absolute atomic E-state index is 11.1. The molecular formula is C13H9Cl2NO3. The largest absolute Gasteiger partial charge is 0.478 e. The molecule has 6 heteroatoms. The molecular weight excluding hydrogens is 289 g/mol. The number of ether oxygens (including phenoxy) is 1. The number of rotatable bonds is 3. The molecule has 19 heavy (non-hydrogen) atoms. The van der Waals surface area contributed by atoms with Crippen LogP contribution in [-0.2, 0) is 0 Å². The zero-order valence-electron chi connectivity index (χ0n) is 9.56. The number of nitrogens with two attached hydrogens (primary N) is 1. The Labute approximate surface area is 119 Å². The summed E-state index contributed by atoms with van der Waals surface area (Å²) in [5.74, 6) is -0.639. The first-order chi connectivity index (χ1) is 8.95. The number of halogens is 2. The van der Waals surface area contributed by atoms with Crippen LogP contribution in [0, 0.1) is 0 Å². The molecule has 0 bridgehead atoms. The molecule has 0 unspecified atom stereocenters. The summed E-state index contributed by atoms with van der Waals surface area (Å²) in [5, 5.41) is 9.85. The van der Waals surface area contributed by atoms with Gasteiger partial charge in [0.15, 0.2) is 0 Å². The lowest BCUT2D eigenvalue weighted by Crippen LogP contribution is -2.01. The molecule has 0 saturated carbocycles. The highest BCUT2D eigenvalue weighted by Gasteiger charge is 2.13. The Morgan fingerprint density at radius 1 is 1.11 bits per heavy atom. The third kappa shape index (κ3) is 3.30. The van der Waals surface area contributed by atoms with E-state index < -0.39 is 5.97 Å². The summed E-state index contributed by atoms with van der Waals surface area (Å²) in [7, 11) is 0. The minimum atomic E-state index is -1.11. The molecule has 0 fully saturated rings. The fourth-order valence-electron chi connectivity index (χ4n) is 1.51. The average molecular weight is 298 g/mol. The highest BCUT2D eigenvalue weighted by atomic mass is 35.5. The van der Waals surface area contributed by atoms with Crippen molar-refractivity contribution >= 4 is 34.9 Å². The van der Waals surface area contributed by atoms with Gasteiger partial charge in [0.1, 0.15) is 17.1 Å². The summed E-state index contributed by atoms with van der Waals surface area (Å²) < 4.78 is 5.48. The first-order valence-electron chi connectivity index (χ1n) is 5.22. The molecule has 0 radical (unpaired) electrons. The number of aromatic carboxylic acids is 1. The van der Waals surface area contributed by atoms with E-state index >= 15 is 0 Å². The van der Waals surface area contributed by atoms with Crippen LogP contribution < -0.4 is 10.5 Å². The number of carbonyl (C=O) groups is 1. The van der Waals surface area contributed by atoms with Gasteiger partial charge >= 0.3 is 5.97 Å². The quantitative estimate of drug-likeness (QED) is 0.838. The zero-order valence-corrected chi connectivity index (χ0v) is 11.1. The Bertz CT molecular complexity index is 624. The minimum absolute atomic E-state index is 0.00491. The van der Waals surface area contributed by atoms with Crippen molar-refractivity contribution in [3.63, 3.8) is 0 Å². The molecule has 0 aliphatic carbocycles. The molecule has 2 rings (SSSR count). The molecule has 0 aliphatic heterocycles. The van der Waals surface area contributed by atoms with Gasteiger partial charge < -0.3 is 15.6 Å². The Morgan fingerprint density at radius 3 is 2.32 bits per heavy atom. The molecule has 2 aromatic carbocycles. The molecule has 0 saturated heterocycles. The lowest BCUT2D eigenvalue weighted by atomic mass is 10.2. The highest BCUT2D eigenvalue weighted by molar-refractivity contribution is 6.34. The monoisotopic (exact) mass is 297 g/mol. The summed E-state index contributed by atoms with van der Waals surface area (Å²) in [6.45, 7) is 0. The molecule has 0 aromatic heterocycles.